The van der Waals surface area contributed by atoms with Crippen LogP contribution >= 0.6 is 0 Å². The van der Waals surface area contributed by atoms with Gasteiger partial charge in [-0.05, 0) is 26.7 Å². The predicted molar refractivity (Wildman–Crippen MR) is 62.2 cm³/mol. The lowest BCUT2D eigenvalue weighted by atomic mass is 9.96. The van der Waals surface area contributed by atoms with Crippen LogP contribution in [0.15, 0.2) is 0 Å². The van der Waals surface area contributed by atoms with Crippen molar-refractivity contribution >= 4 is 5.91 Å². The zero-order valence-electron chi connectivity index (χ0n) is 10.3. The van der Waals surface area contributed by atoms with Gasteiger partial charge in [0, 0.05) is 44.3 Å². The molecule has 0 aromatic rings. The van der Waals surface area contributed by atoms with Crippen molar-refractivity contribution in [3.8, 4) is 0 Å². The van der Waals surface area contributed by atoms with Crippen molar-refractivity contribution in [1.29, 1.82) is 0 Å². The van der Waals surface area contributed by atoms with Crippen LogP contribution in [0.25, 0.3) is 0 Å². The van der Waals surface area contributed by atoms with E-state index >= 15 is 0 Å². The average molecular weight is 226 g/mol. The number of piperazine rings is 1. The van der Waals surface area contributed by atoms with E-state index in [1.807, 2.05) is 4.90 Å². The van der Waals surface area contributed by atoms with Crippen molar-refractivity contribution in [2.45, 2.75) is 32.2 Å². The van der Waals surface area contributed by atoms with E-state index in [4.69, 9.17) is 4.74 Å². The number of nitrogens with zero attached hydrogens (tertiary/aromatic N) is 1. The van der Waals surface area contributed by atoms with Gasteiger partial charge in [0.15, 0.2) is 0 Å². The highest BCUT2D eigenvalue weighted by Gasteiger charge is 2.32. The number of rotatable bonds is 1. The molecule has 92 valence electrons. The van der Waals surface area contributed by atoms with Crippen LogP contribution in [0.3, 0.4) is 0 Å². The second-order valence-electron chi connectivity index (χ2n) is 5.46. The molecule has 0 atom stereocenters. The summed E-state index contributed by atoms with van der Waals surface area (Å²) in [6.07, 6.45) is 1.78. The minimum Gasteiger partial charge on any atom is -0.381 e. The summed E-state index contributed by atoms with van der Waals surface area (Å²) in [7, 11) is 0. The maximum atomic E-state index is 12.3. The molecule has 0 saturated carbocycles. The molecule has 2 aliphatic heterocycles. The molecule has 0 spiro atoms. The largest absolute Gasteiger partial charge is 0.381 e. The molecule has 2 fully saturated rings. The lowest BCUT2D eigenvalue weighted by Crippen LogP contribution is -2.59. The minimum absolute atomic E-state index is 0.0546. The van der Waals surface area contributed by atoms with Gasteiger partial charge in [0.25, 0.3) is 0 Å². The molecule has 2 heterocycles. The van der Waals surface area contributed by atoms with Crippen LogP contribution in [0, 0.1) is 5.92 Å². The van der Waals surface area contributed by atoms with E-state index in [1.165, 1.54) is 0 Å². The third-order valence-corrected chi connectivity index (χ3v) is 3.45. The van der Waals surface area contributed by atoms with Crippen LogP contribution in [-0.2, 0) is 9.53 Å². The van der Waals surface area contributed by atoms with Crippen molar-refractivity contribution in [3.05, 3.63) is 0 Å². The Hall–Kier alpha value is -0.610. The predicted octanol–water partition coefficient (Wildman–Crippen LogP) is 0.623. The first kappa shape index (κ1) is 11.9. The Kier molecular flexibility index (Phi) is 3.50. The summed E-state index contributed by atoms with van der Waals surface area (Å²) >= 11 is 0. The molecule has 0 aromatic carbocycles. The quantitative estimate of drug-likeness (QED) is 0.713. The van der Waals surface area contributed by atoms with E-state index in [0.29, 0.717) is 5.91 Å². The summed E-state index contributed by atoms with van der Waals surface area (Å²) in [4.78, 5) is 14.3. The summed E-state index contributed by atoms with van der Waals surface area (Å²) < 4.78 is 5.30. The van der Waals surface area contributed by atoms with E-state index in [1.54, 1.807) is 0 Å². The molecular formula is C12H22N2O2. The normalized spacial score (nSPS) is 26.8. The number of carbonyl (C=O) groups is 1. The van der Waals surface area contributed by atoms with Gasteiger partial charge in [0.05, 0.1) is 0 Å². The monoisotopic (exact) mass is 226 g/mol. The molecule has 4 nitrogen and oxygen atoms in total. The smallest absolute Gasteiger partial charge is 0.225 e. The van der Waals surface area contributed by atoms with Crippen LogP contribution in [0.1, 0.15) is 26.7 Å². The van der Waals surface area contributed by atoms with Crippen molar-refractivity contribution in [1.82, 2.24) is 10.2 Å². The fraction of sp³-hybridized carbons (Fsp3) is 0.917. The van der Waals surface area contributed by atoms with Crippen LogP contribution < -0.4 is 5.32 Å². The number of ether oxygens (including phenoxy) is 1. The molecule has 1 amide bonds. The zero-order valence-corrected chi connectivity index (χ0v) is 10.3. The fourth-order valence-electron chi connectivity index (χ4n) is 2.53. The Bertz CT molecular complexity index is 260. The van der Waals surface area contributed by atoms with Gasteiger partial charge in [-0.1, -0.05) is 0 Å². The molecule has 0 radical (unpaired) electrons. The van der Waals surface area contributed by atoms with Gasteiger partial charge in [0.2, 0.25) is 5.91 Å². The molecule has 2 saturated heterocycles. The number of nitrogens with one attached hydrogen (secondary N) is 1. The molecule has 0 aliphatic carbocycles. The van der Waals surface area contributed by atoms with Gasteiger partial charge in [-0.25, -0.2) is 0 Å². The van der Waals surface area contributed by atoms with E-state index < -0.39 is 0 Å². The Morgan fingerprint density at radius 1 is 1.38 bits per heavy atom. The van der Waals surface area contributed by atoms with Crippen LogP contribution in [0.2, 0.25) is 0 Å². The van der Waals surface area contributed by atoms with Crippen LogP contribution in [0.5, 0.6) is 0 Å². The second-order valence-corrected chi connectivity index (χ2v) is 5.46. The van der Waals surface area contributed by atoms with Gasteiger partial charge >= 0.3 is 0 Å². The van der Waals surface area contributed by atoms with Crippen LogP contribution in [0.4, 0.5) is 0 Å². The van der Waals surface area contributed by atoms with Gasteiger partial charge < -0.3 is 15.0 Å². The molecule has 0 unspecified atom stereocenters. The molecule has 16 heavy (non-hydrogen) atoms. The lowest BCUT2D eigenvalue weighted by molar-refractivity contribution is -0.140. The number of carbonyl (C=O) groups excluding carboxylic acids is 1. The summed E-state index contributed by atoms with van der Waals surface area (Å²) in [5.41, 5.74) is 0.0546. The third-order valence-electron chi connectivity index (χ3n) is 3.45. The highest BCUT2D eigenvalue weighted by Crippen LogP contribution is 2.20. The number of hydrogen-bond donors (Lipinski definition) is 1. The maximum absolute atomic E-state index is 12.3. The maximum Gasteiger partial charge on any atom is 0.225 e. The third kappa shape index (κ3) is 2.74. The SMILES string of the molecule is CC1(C)CN(C(=O)C2CCOCC2)CCN1. The van der Waals surface area contributed by atoms with E-state index in [0.717, 1.165) is 45.7 Å². The van der Waals surface area contributed by atoms with Crippen LogP contribution in [-0.4, -0.2) is 49.2 Å². The summed E-state index contributed by atoms with van der Waals surface area (Å²) in [5, 5.41) is 3.43. The minimum atomic E-state index is 0.0546. The molecule has 4 heteroatoms. The second kappa shape index (κ2) is 4.72. The molecule has 0 bridgehead atoms. The molecule has 2 aliphatic rings. The molecule has 0 aromatic heterocycles. The zero-order chi connectivity index (χ0) is 11.6. The van der Waals surface area contributed by atoms with E-state index in [2.05, 4.69) is 19.2 Å². The topological polar surface area (TPSA) is 41.6 Å². The van der Waals surface area contributed by atoms with Crippen molar-refractivity contribution in [2.24, 2.45) is 5.92 Å². The molecule has 2 rings (SSSR count). The molecule has 1 N–H and O–H groups in total. The highest BCUT2D eigenvalue weighted by atomic mass is 16.5. The van der Waals surface area contributed by atoms with Crippen molar-refractivity contribution in [2.75, 3.05) is 32.8 Å². The van der Waals surface area contributed by atoms with E-state index in [9.17, 15) is 4.79 Å². The van der Waals surface area contributed by atoms with Gasteiger partial charge in [0.1, 0.15) is 0 Å². The summed E-state index contributed by atoms with van der Waals surface area (Å²) in [6, 6.07) is 0. The highest BCUT2D eigenvalue weighted by molar-refractivity contribution is 5.79. The first-order chi connectivity index (χ1) is 7.58. The first-order valence-electron chi connectivity index (χ1n) is 6.20. The Morgan fingerprint density at radius 3 is 2.69 bits per heavy atom. The Morgan fingerprint density at radius 2 is 2.06 bits per heavy atom. The Labute approximate surface area is 97.3 Å². The van der Waals surface area contributed by atoms with Crippen molar-refractivity contribution < 1.29 is 9.53 Å². The number of amides is 1. The lowest BCUT2D eigenvalue weighted by Gasteiger charge is -2.40. The van der Waals surface area contributed by atoms with E-state index in [-0.39, 0.29) is 11.5 Å². The van der Waals surface area contributed by atoms with Gasteiger partial charge in [-0.3, -0.25) is 4.79 Å². The molecular weight excluding hydrogens is 204 g/mol. The first-order valence-corrected chi connectivity index (χ1v) is 6.20. The van der Waals surface area contributed by atoms with Gasteiger partial charge in [-0.15, -0.1) is 0 Å². The standard InChI is InChI=1S/C12H22N2O2/c1-12(2)9-14(6-5-13-12)11(15)10-3-7-16-8-4-10/h10,13H,3-9H2,1-2H3. The fourth-order valence-corrected chi connectivity index (χ4v) is 2.53. The number of hydrogen-bond acceptors (Lipinski definition) is 3. The summed E-state index contributed by atoms with van der Waals surface area (Å²) in [6.45, 7) is 8.36. The Balaban J connectivity index is 1.93. The summed E-state index contributed by atoms with van der Waals surface area (Å²) in [5.74, 6) is 0.528. The van der Waals surface area contributed by atoms with Gasteiger partial charge in [-0.2, -0.15) is 0 Å². The average Bonchev–Trinajstić information content (AvgIpc) is 2.28. The van der Waals surface area contributed by atoms with Crippen molar-refractivity contribution in [3.63, 3.8) is 0 Å².